The van der Waals surface area contributed by atoms with E-state index in [0.29, 0.717) is 0 Å². The third-order valence-electron chi connectivity index (χ3n) is 2.78. The van der Waals surface area contributed by atoms with Crippen LogP contribution in [-0.4, -0.2) is 0 Å². The minimum Gasteiger partial charge on any atom is -0.0620 e. The second-order valence-corrected chi connectivity index (χ2v) is 3.68. The van der Waals surface area contributed by atoms with Crippen molar-refractivity contribution in [1.82, 2.24) is 0 Å². The van der Waals surface area contributed by atoms with Gasteiger partial charge in [-0.3, -0.25) is 0 Å². The van der Waals surface area contributed by atoms with Crippen LogP contribution in [0.1, 0.15) is 36.8 Å². The molecule has 1 fully saturated rings. The van der Waals surface area contributed by atoms with Gasteiger partial charge in [0, 0.05) is 0 Å². The van der Waals surface area contributed by atoms with Crippen LogP contribution in [0.3, 0.4) is 0 Å². The molecule has 0 saturated heterocycles. The third-order valence-corrected chi connectivity index (χ3v) is 2.78. The van der Waals surface area contributed by atoms with Gasteiger partial charge in [-0.1, -0.05) is 49.9 Å². The Morgan fingerprint density at radius 3 is 1.25 bits per heavy atom. The lowest BCUT2D eigenvalue weighted by molar-refractivity contribution is 0.504. The normalized spacial score (nSPS) is 17.7. The van der Waals surface area contributed by atoms with Crippen molar-refractivity contribution < 1.29 is 0 Å². The highest BCUT2D eigenvalue weighted by atomic mass is 14.1. The zero-order chi connectivity index (χ0) is 8.23. The van der Waals surface area contributed by atoms with Gasteiger partial charge < -0.3 is 0 Å². The second-order valence-electron chi connectivity index (χ2n) is 3.68. The maximum Gasteiger partial charge on any atom is -0.0235 e. The summed E-state index contributed by atoms with van der Waals surface area (Å²) >= 11 is 0. The number of fused-ring (bicyclic) bond motifs is 1. The molecular formula is C12H16. The molecule has 0 unspecified atom stereocenters. The summed E-state index contributed by atoms with van der Waals surface area (Å²) in [6.07, 6.45) is 8.60. The van der Waals surface area contributed by atoms with Crippen LogP contribution in [0.4, 0.5) is 0 Å². The van der Waals surface area contributed by atoms with Crippen LogP contribution in [0, 0.1) is 0 Å². The molecule has 0 aliphatic heterocycles. The quantitative estimate of drug-likeness (QED) is 0.546. The van der Waals surface area contributed by atoms with Gasteiger partial charge in [0.25, 0.3) is 0 Å². The molecule has 1 saturated carbocycles. The summed E-state index contributed by atoms with van der Waals surface area (Å²) in [5.74, 6) is 0. The number of hydrogen-bond donors (Lipinski definition) is 0. The van der Waals surface area contributed by atoms with Crippen molar-refractivity contribution >= 4 is 0 Å². The summed E-state index contributed by atoms with van der Waals surface area (Å²) in [7, 11) is 0. The maximum absolute atomic E-state index is 2.21. The van der Waals surface area contributed by atoms with Crippen LogP contribution in [0.15, 0.2) is 24.3 Å². The summed E-state index contributed by atoms with van der Waals surface area (Å²) in [5, 5.41) is 0. The molecular weight excluding hydrogens is 144 g/mol. The van der Waals surface area contributed by atoms with Crippen molar-refractivity contribution in [2.75, 3.05) is 0 Å². The van der Waals surface area contributed by atoms with Gasteiger partial charge >= 0.3 is 0 Å². The first kappa shape index (κ1) is 7.85. The average molecular weight is 160 g/mol. The topological polar surface area (TPSA) is 0 Å². The van der Waals surface area contributed by atoms with Crippen molar-refractivity contribution in [2.24, 2.45) is 0 Å². The van der Waals surface area contributed by atoms with Gasteiger partial charge in [-0.25, -0.2) is 0 Å². The predicted molar refractivity (Wildman–Crippen MR) is 52.3 cm³/mol. The van der Waals surface area contributed by atoms with Crippen molar-refractivity contribution in [3.63, 3.8) is 0 Å². The van der Waals surface area contributed by atoms with Gasteiger partial charge in [-0.15, -0.1) is 0 Å². The standard InChI is InChI=1S/C8H8.C4H8/c1-2-4-8-6-5-7(8)3-1;1-2-4-3-1/h1-4H,5-6H2;1-4H2. The lowest BCUT2D eigenvalue weighted by Crippen LogP contribution is -2.06. The molecule has 0 heteroatoms. The van der Waals surface area contributed by atoms with Gasteiger partial charge in [0.15, 0.2) is 0 Å². The summed E-state index contributed by atoms with van der Waals surface area (Å²) in [4.78, 5) is 0. The van der Waals surface area contributed by atoms with Gasteiger partial charge in [-0.2, -0.15) is 0 Å². The molecule has 3 rings (SSSR count). The van der Waals surface area contributed by atoms with E-state index in [4.69, 9.17) is 0 Å². The molecule has 2 aliphatic carbocycles. The Morgan fingerprint density at radius 1 is 0.667 bits per heavy atom. The Bertz CT molecular complexity index is 219. The van der Waals surface area contributed by atoms with Crippen molar-refractivity contribution in [3.05, 3.63) is 35.4 Å². The Labute approximate surface area is 74.6 Å². The number of aryl methyl sites for hydroxylation is 2. The largest absolute Gasteiger partial charge is 0.0620 e. The smallest absolute Gasteiger partial charge is 0.0235 e. The van der Waals surface area contributed by atoms with Crippen LogP contribution in [0.2, 0.25) is 0 Å². The summed E-state index contributed by atoms with van der Waals surface area (Å²) in [5.41, 5.74) is 3.10. The van der Waals surface area contributed by atoms with Crippen molar-refractivity contribution in [1.29, 1.82) is 0 Å². The molecule has 0 bridgehead atoms. The minimum atomic E-state index is 1.30. The van der Waals surface area contributed by atoms with E-state index in [1.165, 1.54) is 38.5 Å². The van der Waals surface area contributed by atoms with E-state index in [2.05, 4.69) is 24.3 Å². The van der Waals surface area contributed by atoms with Crippen molar-refractivity contribution in [2.45, 2.75) is 38.5 Å². The fraction of sp³-hybridized carbons (Fsp3) is 0.500. The summed E-state index contributed by atoms with van der Waals surface area (Å²) in [6.45, 7) is 0. The molecule has 0 N–H and O–H groups in total. The number of benzene rings is 1. The molecule has 0 nitrogen and oxygen atoms in total. The first-order valence-electron chi connectivity index (χ1n) is 5.03. The Kier molecular flexibility index (Phi) is 2.45. The SMILES string of the molecule is C1CCC1.c1ccc2c(c1)CC2. The third kappa shape index (κ3) is 1.69. The van der Waals surface area contributed by atoms with Crippen LogP contribution in [0.25, 0.3) is 0 Å². The molecule has 0 radical (unpaired) electrons. The summed E-state index contributed by atoms with van der Waals surface area (Å²) < 4.78 is 0. The highest BCUT2D eigenvalue weighted by Crippen LogP contribution is 2.20. The van der Waals surface area contributed by atoms with Crippen LogP contribution < -0.4 is 0 Å². The Morgan fingerprint density at radius 2 is 1.08 bits per heavy atom. The fourth-order valence-corrected chi connectivity index (χ4v) is 1.39. The van der Waals surface area contributed by atoms with Crippen LogP contribution in [-0.2, 0) is 12.8 Å². The highest BCUT2D eigenvalue weighted by molar-refractivity contribution is 5.34. The van der Waals surface area contributed by atoms with Gasteiger partial charge in [0.2, 0.25) is 0 Å². The molecule has 1 aromatic rings. The maximum atomic E-state index is 2.21. The molecule has 0 amide bonds. The van der Waals surface area contributed by atoms with E-state index >= 15 is 0 Å². The minimum absolute atomic E-state index is 1.30. The highest BCUT2D eigenvalue weighted by Gasteiger charge is 2.09. The molecule has 12 heavy (non-hydrogen) atoms. The molecule has 64 valence electrons. The molecule has 0 atom stereocenters. The Balaban J connectivity index is 0.000000119. The van der Waals surface area contributed by atoms with E-state index in [1.54, 1.807) is 11.1 Å². The first-order chi connectivity index (χ1) is 5.97. The van der Waals surface area contributed by atoms with Crippen LogP contribution in [0.5, 0.6) is 0 Å². The number of rotatable bonds is 0. The molecule has 2 aliphatic rings. The monoisotopic (exact) mass is 160 g/mol. The van der Waals surface area contributed by atoms with Crippen LogP contribution >= 0.6 is 0 Å². The molecule has 0 spiro atoms. The number of hydrogen-bond acceptors (Lipinski definition) is 0. The lowest BCUT2D eigenvalue weighted by Gasteiger charge is -2.16. The lowest BCUT2D eigenvalue weighted by atomic mass is 9.89. The van der Waals surface area contributed by atoms with E-state index < -0.39 is 0 Å². The average Bonchev–Trinajstić information content (AvgIpc) is 1.88. The van der Waals surface area contributed by atoms with E-state index in [-0.39, 0.29) is 0 Å². The van der Waals surface area contributed by atoms with Crippen molar-refractivity contribution in [3.8, 4) is 0 Å². The zero-order valence-electron chi connectivity index (χ0n) is 7.55. The van der Waals surface area contributed by atoms with Gasteiger partial charge in [0.05, 0.1) is 0 Å². The second kappa shape index (κ2) is 3.75. The van der Waals surface area contributed by atoms with Gasteiger partial charge in [0.1, 0.15) is 0 Å². The predicted octanol–water partition coefficient (Wildman–Crippen LogP) is 3.35. The summed E-state index contributed by atoms with van der Waals surface area (Å²) in [6, 6.07) is 8.63. The van der Waals surface area contributed by atoms with E-state index in [1.807, 2.05) is 0 Å². The van der Waals surface area contributed by atoms with Gasteiger partial charge in [-0.05, 0) is 24.0 Å². The van der Waals surface area contributed by atoms with E-state index in [9.17, 15) is 0 Å². The first-order valence-corrected chi connectivity index (χ1v) is 5.03. The fourth-order valence-electron chi connectivity index (χ4n) is 1.39. The molecule has 0 heterocycles. The zero-order valence-corrected chi connectivity index (χ0v) is 7.55. The molecule has 0 aromatic heterocycles. The molecule has 1 aromatic carbocycles. The van der Waals surface area contributed by atoms with E-state index in [0.717, 1.165) is 0 Å². The Hall–Kier alpha value is -0.780.